The highest BCUT2D eigenvalue weighted by Gasteiger charge is 2.32. The van der Waals surface area contributed by atoms with Crippen LogP contribution in [0.2, 0.25) is 0 Å². The van der Waals surface area contributed by atoms with Crippen LogP contribution in [-0.2, 0) is 0 Å². The Morgan fingerprint density at radius 2 is 2.10 bits per heavy atom. The molecule has 1 unspecified atom stereocenters. The average molecular weight is 138 g/mol. The molecule has 0 amide bonds. The van der Waals surface area contributed by atoms with Crippen LogP contribution in [0.25, 0.3) is 0 Å². The molecule has 1 atom stereocenters. The van der Waals surface area contributed by atoms with Gasteiger partial charge in [0.2, 0.25) is 0 Å². The van der Waals surface area contributed by atoms with Crippen molar-refractivity contribution in [1.29, 1.82) is 0 Å². The Labute approximate surface area is 61.8 Å². The molecule has 1 N–H and O–H groups in total. The second-order valence-corrected chi connectivity index (χ2v) is 3.57. The second kappa shape index (κ2) is 2.09. The van der Waals surface area contributed by atoms with Crippen molar-refractivity contribution in [1.82, 2.24) is 0 Å². The molecule has 0 bridgehead atoms. The van der Waals surface area contributed by atoms with Crippen LogP contribution in [-0.4, -0.2) is 11.2 Å². The van der Waals surface area contributed by atoms with E-state index in [-0.39, 0.29) is 6.10 Å². The molecule has 0 aromatic rings. The Morgan fingerprint density at radius 3 is 2.50 bits per heavy atom. The highest BCUT2D eigenvalue weighted by molar-refractivity contribution is 5.27. The molecule has 2 aliphatic rings. The summed E-state index contributed by atoms with van der Waals surface area (Å²) in [7, 11) is 0. The van der Waals surface area contributed by atoms with Crippen molar-refractivity contribution in [2.45, 2.75) is 38.7 Å². The standard InChI is InChI=1S/C9H14O/c1-6(7-2-3-7)9(10)8-4-5-8/h8-10H,2-5H2,1H3. The van der Waals surface area contributed by atoms with Gasteiger partial charge in [-0.2, -0.15) is 0 Å². The van der Waals surface area contributed by atoms with Gasteiger partial charge in [0.1, 0.15) is 0 Å². The minimum Gasteiger partial charge on any atom is -0.388 e. The topological polar surface area (TPSA) is 20.2 Å². The Balaban J connectivity index is 2.02. The summed E-state index contributed by atoms with van der Waals surface area (Å²) in [6.45, 7) is 2.09. The highest BCUT2D eigenvalue weighted by atomic mass is 16.3. The highest BCUT2D eigenvalue weighted by Crippen LogP contribution is 2.40. The molecule has 56 valence electrons. The molecule has 1 heteroatoms. The SMILES string of the molecule is CC(=C1CC1)C(O)C1CC1. The van der Waals surface area contributed by atoms with Gasteiger partial charge in [0.15, 0.2) is 0 Å². The van der Waals surface area contributed by atoms with Crippen LogP contribution in [0.5, 0.6) is 0 Å². The normalized spacial score (nSPS) is 26.4. The van der Waals surface area contributed by atoms with E-state index in [4.69, 9.17) is 0 Å². The summed E-state index contributed by atoms with van der Waals surface area (Å²) in [5, 5.41) is 9.61. The monoisotopic (exact) mass is 138 g/mol. The van der Waals surface area contributed by atoms with Crippen LogP contribution in [0.3, 0.4) is 0 Å². The van der Waals surface area contributed by atoms with Crippen molar-refractivity contribution >= 4 is 0 Å². The zero-order valence-corrected chi connectivity index (χ0v) is 6.43. The van der Waals surface area contributed by atoms with Gasteiger partial charge in [-0.1, -0.05) is 5.57 Å². The van der Waals surface area contributed by atoms with Gasteiger partial charge < -0.3 is 5.11 Å². The molecule has 0 radical (unpaired) electrons. The van der Waals surface area contributed by atoms with Gasteiger partial charge in [-0.25, -0.2) is 0 Å². The van der Waals surface area contributed by atoms with E-state index in [9.17, 15) is 5.11 Å². The predicted molar refractivity (Wildman–Crippen MR) is 40.7 cm³/mol. The maximum absolute atomic E-state index is 9.61. The fourth-order valence-electron chi connectivity index (χ4n) is 1.43. The van der Waals surface area contributed by atoms with Gasteiger partial charge >= 0.3 is 0 Å². The van der Waals surface area contributed by atoms with Crippen molar-refractivity contribution in [3.63, 3.8) is 0 Å². The van der Waals surface area contributed by atoms with E-state index < -0.39 is 0 Å². The van der Waals surface area contributed by atoms with Crippen LogP contribution in [0.15, 0.2) is 11.1 Å². The van der Waals surface area contributed by atoms with E-state index in [0.717, 1.165) is 0 Å². The molecular formula is C9H14O. The minimum absolute atomic E-state index is 0.0856. The fourth-order valence-corrected chi connectivity index (χ4v) is 1.43. The quantitative estimate of drug-likeness (QED) is 0.577. The largest absolute Gasteiger partial charge is 0.388 e. The van der Waals surface area contributed by atoms with Crippen LogP contribution in [0.4, 0.5) is 0 Å². The lowest BCUT2D eigenvalue weighted by atomic mass is 10.1. The summed E-state index contributed by atoms with van der Waals surface area (Å²) in [5.74, 6) is 0.619. The number of aliphatic hydroxyl groups excluding tert-OH is 1. The first-order valence-corrected chi connectivity index (χ1v) is 4.15. The fraction of sp³-hybridized carbons (Fsp3) is 0.778. The molecule has 2 saturated carbocycles. The Morgan fingerprint density at radius 1 is 1.50 bits per heavy atom. The lowest BCUT2D eigenvalue weighted by Crippen LogP contribution is -2.10. The van der Waals surface area contributed by atoms with E-state index in [1.165, 1.54) is 36.8 Å². The third-order valence-electron chi connectivity index (χ3n) is 2.57. The van der Waals surface area contributed by atoms with Gasteiger partial charge in [0.25, 0.3) is 0 Å². The molecule has 1 nitrogen and oxygen atoms in total. The summed E-state index contributed by atoms with van der Waals surface area (Å²) < 4.78 is 0. The molecule has 0 heterocycles. The van der Waals surface area contributed by atoms with E-state index in [2.05, 4.69) is 6.92 Å². The zero-order valence-electron chi connectivity index (χ0n) is 6.43. The number of allylic oxidation sites excluding steroid dienone is 1. The number of aliphatic hydroxyl groups is 1. The van der Waals surface area contributed by atoms with Crippen LogP contribution < -0.4 is 0 Å². The number of hydrogen-bond acceptors (Lipinski definition) is 1. The third-order valence-corrected chi connectivity index (χ3v) is 2.57. The van der Waals surface area contributed by atoms with E-state index in [1.807, 2.05) is 0 Å². The lowest BCUT2D eigenvalue weighted by Gasteiger charge is -2.08. The lowest BCUT2D eigenvalue weighted by molar-refractivity contribution is 0.187. The van der Waals surface area contributed by atoms with Crippen molar-refractivity contribution in [2.24, 2.45) is 5.92 Å². The van der Waals surface area contributed by atoms with Gasteiger partial charge in [0.05, 0.1) is 6.10 Å². The van der Waals surface area contributed by atoms with Gasteiger partial charge in [-0.05, 0) is 44.1 Å². The number of rotatable bonds is 2. The molecular weight excluding hydrogens is 124 g/mol. The van der Waals surface area contributed by atoms with E-state index in [1.54, 1.807) is 0 Å². The first-order chi connectivity index (χ1) is 4.79. The van der Waals surface area contributed by atoms with Crippen molar-refractivity contribution in [2.75, 3.05) is 0 Å². The van der Waals surface area contributed by atoms with Gasteiger partial charge in [-0.3, -0.25) is 0 Å². The Kier molecular flexibility index (Phi) is 1.34. The Hall–Kier alpha value is -0.300. The minimum atomic E-state index is -0.0856. The number of hydrogen-bond donors (Lipinski definition) is 1. The molecule has 10 heavy (non-hydrogen) atoms. The predicted octanol–water partition coefficient (Wildman–Crippen LogP) is 1.87. The molecule has 0 aliphatic heterocycles. The second-order valence-electron chi connectivity index (χ2n) is 3.57. The summed E-state index contributed by atoms with van der Waals surface area (Å²) in [5.41, 5.74) is 2.79. The van der Waals surface area contributed by atoms with Crippen LogP contribution >= 0.6 is 0 Å². The zero-order chi connectivity index (χ0) is 7.14. The molecule has 2 fully saturated rings. The Bertz CT molecular complexity index is 171. The first-order valence-electron chi connectivity index (χ1n) is 4.15. The molecule has 0 saturated heterocycles. The van der Waals surface area contributed by atoms with Crippen molar-refractivity contribution < 1.29 is 5.11 Å². The molecule has 2 aliphatic carbocycles. The smallest absolute Gasteiger partial charge is 0.0778 e. The molecule has 0 aromatic carbocycles. The van der Waals surface area contributed by atoms with Crippen LogP contribution in [0, 0.1) is 5.92 Å². The average Bonchev–Trinajstić information content (AvgIpc) is 2.73. The first kappa shape index (κ1) is 6.41. The summed E-state index contributed by atoms with van der Waals surface area (Å²) in [6, 6.07) is 0. The third kappa shape index (κ3) is 1.10. The van der Waals surface area contributed by atoms with Crippen molar-refractivity contribution in [3.8, 4) is 0 Å². The molecule has 0 aromatic heterocycles. The molecule has 2 rings (SSSR count). The van der Waals surface area contributed by atoms with E-state index in [0.29, 0.717) is 5.92 Å². The maximum atomic E-state index is 9.61. The summed E-state index contributed by atoms with van der Waals surface area (Å²) in [6.07, 6.45) is 4.89. The van der Waals surface area contributed by atoms with Gasteiger partial charge in [-0.15, -0.1) is 0 Å². The summed E-state index contributed by atoms with van der Waals surface area (Å²) in [4.78, 5) is 0. The molecule has 0 spiro atoms. The van der Waals surface area contributed by atoms with Crippen molar-refractivity contribution in [3.05, 3.63) is 11.1 Å². The van der Waals surface area contributed by atoms with E-state index >= 15 is 0 Å². The maximum Gasteiger partial charge on any atom is 0.0778 e. The van der Waals surface area contributed by atoms with Gasteiger partial charge in [0, 0.05) is 0 Å². The summed E-state index contributed by atoms with van der Waals surface area (Å²) >= 11 is 0. The van der Waals surface area contributed by atoms with Crippen LogP contribution in [0.1, 0.15) is 32.6 Å².